The summed E-state index contributed by atoms with van der Waals surface area (Å²) in [6.07, 6.45) is 9.28. The third-order valence-corrected chi connectivity index (χ3v) is 16.3. The van der Waals surface area contributed by atoms with Crippen LogP contribution in [0.1, 0.15) is 126 Å². The van der Waals surface area contributed by atoms with E-state index in [1.807, 2.05) is 46.4 Å². The lowest BCUT2D eigenvalue weighted by Gasteiger charge is -2.38. The van der Waals surface area contributed by atoms with Crippen LogP contribution in [0.5, 0.6) is 0 Å². The highest BCUT2D eigenvalue weighted by Crippen LogP contribution is 2.88. The van der Waals surface area contributed by atoms with Crippen molar-refractivity contribution < 1.29 is 32.4 Å². The number of fused-ring (bicyclic) bond motifs is 1. The van der Waals surface area contributed by atoms with E-state index in [1.54, 1.807) is 11.0 Å². The standard InChI is InChI=1S/C40H63N5O7S/c1-10-25-22-40(25,34(50)43-53(51,52)26-15-16-26)42-32(48)28-23-39(37(8,9)38(39)17-14-18-38)24-45(28)33(49)30(36(5,6)7)41-31(47)27(35(2,3)4)21-29(46)44-19-12-11-13-20-44/h10,25-28,30H,1,11-24H2,2-9H3,(H,41,47)(H,42,48)(H,43,50)/t25-,27-,28+,30-,39-,40-/m1/s1. The molecule has 5 amide bonds. The lowest BCUT2D eigenvalue weighted by Crippen LogP contribution is -2.61. The molecule has 12 nitrogen and oxygen atoms in total. The third kappa shape index (κ3) is 6.62. The van der Waals surface area contributed by atoms with Gasteiger partial charge in [-0.25, -0.2) is 8.42 Å². The van der Waals surface area contributed by atoms with Crippen molar-refractivity contribution >= 4 is 39.6 Å². The molecule has 2 heterocycles. The summed E-state index contributed by atoms with van der Waals surface area (Å²) in [6.45, 7) is 21.4. The number of sulfonamides is 1. The number of likely N-dealkylation sites (tertiary alicyclic amines) is 2. The number of carbonyl (C=O) groups is 5. The second-order valence-electron chi connectivity index (χ2n) is 19.9. The maximum absolute atomic E-state index is 15.0. The van der Waals surface area contributed by atoms with Crippen LogP contribution in [-0.2, 0) is 34.0 Å². The van der Waals surface area contributed by atoms with Gasteiger partial charge in [0.1, 0.15) is 17.6 Å². The van der Waals surface area contributed by atoms with Gasteiger partial charge in [-0.05, 0) is 79.4 Å². The first-order chi connectivity index (χ1) is 24.5. The number of hydrogen-bond donors (Lipinski definition) is 3. The van der Waals surface area contributed by atoms with E-state index in [0.717, 1.165) is 38.5 Å². The number of carbonyl (C=O) groups excluding carboxylic acids is 5. The molecule has 3 N–H and O–H groups in total. The quantitative estimate of drug-likeness (QED) is 0.268. The monoisotopic (exact) mass is 757 g/mol. The van der Waals surface area contributed by atoms with Crippen LogP contribution in [0.25, 0.3) is 0 Å². The molecule has 53 heavy (non-hydrogen) atoms. The molecule has 0 radical (unpaired) electrons. The Morgan fingerprint density at radius 1 is 0.887 bits per heavy atom. The zero-order valence-corrected chi connectivity index (χ0v) is 34.0. The van der Waals surface area contributed by atoms with E-state index in [0.29, 0.717) is 38.9 Å². The summed E-state index contributed by atoms with van der Waals surface area (Å²) in [6, 6.07) is -1.93. The van der Waals surface area contributed by atoms with Gasteiger partial charge in [-0.1, -0.05) is 67.9 Å². The fourth-order valence-electron chi connectivity index (χ4n) is 10.4. The Balaban J connectivity index is 1.27. The Labute approximate surface area is 316 Å². The second kappa shape index (κ2) is 13.1. The van der Waals surface area contributed by atoms with Crippen molar-refractivity contribution in [2.24, 2.45) is 38.9 Å². The lowest BCUT2D eigenvalue weighted by molar-refractivity contribution is -0.146. The molecular weight excluding hydrogens is 695 g/mol. The molecule has 0 aromatic heterocycles. The Bertz CT molecular complexity index is 1660. The number of hydrogen-bond acceptors (Lipinski definition) is 7. The minimum Gasteiger partial charge on any atom is -0.344 e. The maximum atomic E-state index is 15.0. The molecule has 4 saturated carbocycles. The van der Waals surface area contributed by atoms with Gasteiger partial charge in [0.15, 0.2) is 0 Å². The molecule has 2 aliphatic heterocycles. The first-order valence-electron chi connectivity index (χ1n) is 19.9. The van der Waals surface area contributed by atoms with E-state index >= 15 is 4.79 Å². The van der Waals surface area contributed by atoms with Crippen molar-refractivity contribution in [3.8, 4) is 0 Å². The van der Waals surface area contributed by atoms with Crippen molar-refractivity contribution in [3.05, 3.63) is 12.7 Å². The molecule has 6 fully saturated rings. The molecule has 6 rings (SSSR count). The fourth-order valence-corrected chi connectivity index (χ4v) is 11.7. The summed E-state index contributed by atoms with van der Waals surface area (Å²) in [5.74, 6) is -3.22. The van der Waals surface area contributed by atoms with Crippen LogP contribution in [0.3, 0.4) is 0 Å². The summed E-state index contributed by atoms with van der Waals surface area (Å²) in [7, 11) is -3.86. The van der Waals surface area contributed by atoms with Gasteiger partial charge in [0.25, 0.3) is 5.91 Å². The van der Waals surface area contributed by atoms with Gasteiger partial charge in [0.2, 0.25) is 33.7 Å². The second-order valence-corrected chi connectivity index (χ2v) is 21.8. The first-order valence-corrected chi connectivity index (χ1v) is 21.4. The van der Waals surface area contributed by atoms with E-state index in [9.17, 15) is 27.6 Å². The van der Waals surface area contributed by atoms with Gasteiger partial charge >= 0.3 is 0 Å². The summed E-state index contributed by atoms with van der Waals surface area (Å²) in [5.41, 5.74) is -3.24. The molecule has 0 aromatic rings. The maximum Gasteiger partial charge on any atom is 0.259 e. The molecule has 296 valence electrons. The summed E-state index contributed by atoms with van der Waals surface area (Å²) in [4.78, 5) is 74.3. The molecular formula is C40H63N5O7S. The number of amides is 5. The molecule has 4 aliphatic carbocycles. The topological polar surface area (TPSA) is 162 Å². The van der Waals surface area contributed by atoms with Crippen molar-refractivity contribution in [1.29, 1.82) is 0 Å². The zero-order chi connectivity index (χ0) is 39.2. The van der Waals surface area contributed by atoms with E-state index in [2.05, 4.69) is 35.8 Å². The largest absolute Gasteiger partial charge is 0.344 e. The van der Waals surface area contributed by atoms with Crippen LogP contribution >= 0.6 is 0 Å². The van der Waals surface area contributed by atoms with Gasteiger partial charge in [0.05, 0.1) is 11.2 Å². The van der Waals surface area contributed by atoms with E-state index in [1.165, 1.54) is 0 Å². The van der Waals surface area contributed by atoms with Gasteiger partial charge in [-0.15, -0.1) is 6.58 Å². The number of piperidine rings is 1. The van der Waals surface area contributed by atoms with Gasteiger partial charge < -0.3 is 20.4 Å². The van der Waals surface area contributed by atoms with E-state index < -0.39 is 67.4 Å². The minimum atomic E-state index is -3.86. The summed E-state index contributed by atoms with van der Waals surface area (Å²) < 4.78 is 27.7. The van der Waals surface area contributed by atoms with Crippen LogP contribution < -0.4 is 15.4 Å². The van der Waals surface area contributed by atoms with Crippen molar-refractivity contribution in [3.63, 3.8) is 0 Å². The molecule has 0 bridgehead atoms. The lowest BCUT2D eigenvalue weighted by atomic mass is 9.73. The Morgan fingerprint density at radius 2 is 1.51 bits per heavy atom. The predicted octanol–water partition coefficient (Wildman–Crippen LogP) is 4.05. The smallest absolute Gasteiger partial charge is 0.259 e. The van der Waals surface area contributed by atoms with Gasteiger partial charge in [0, 0.05) is 37.4 Å². The van der Waals surface area contributed by atoms with E-state index in [-0.39, 0.29) is 46.8 Å². The molecule has 13 heteroatoms. The van der Waals surface area contributed by atoms with Gasteiger partial charge in [-0.3, -0.25) is 28.7 Å². The van der Waals surface area contributed by atoms with Crippen molar-refractivity contribution in [2.75, 3.05) is 19.6 Å². The molecule has 0 aromatic carbocycles. The number of nitrogens with zero attached hydrogens (tertiary/aromatic N) is 2. The van der Waals surface area contributed by atoms with Crippen LogP contribution in [0.2, 0.25) is 0 Å². The highest BCUT2D eigenvalue weighted by Gasteiger charge is 2.85. The third-order valence-electron chi connectivity index (χ3n) is 14.5. The van der Waals surface area contributed by atoms with Crippen LogP contribution in [0, 0.1) is 38.9 Å². The normalized spacial score (nSPS) is 31.2. The Kier molecular flexibility index (Phi) is 9.80. The van der Waals surface area contributed by atoms with Crippen LogP contribution in [0.4, 0.5) is 0 Å². The van der Waals surface area contributed by atoms with Gasteiger partial charge in [-0.2, -0.15) is 0 Å². The van der Waals surface area contributed by atoms with Crippen molar-refractivity contribution in [1.82, 2.24) is 25.2 Å². The van der Waals surface area contributed by atoms with Crippen molar-refractivity contribution in [2.45, 2.75) is 149 Å². The average molecular weight is 758 g/mol. The molecule has 2 saturated heterocycles. The summed E-state index contributed by atoms with van der Waals surface area (Å²) >= 11 is 0. The number of nitrogens with one attached hydrogen (secondary N) is 3. The summed E-state index contributed by atoms with van der Waals surface area (Å²) in [5, 5.41) is 5.41. The SMILES string of the molecule is C=C[C@@H]1C[C@]1(NC(=O)[C@@H]1C[C@@]2(CN1C(=O)[C@@H](NC(=O)[C@@H](CC(=O)N1CCCCC1)C(C)(C)C)C(C)(C)C)C(C)(C)C21CCC1)C(=O)NS(=O)(=O)C1CC1. The zero-order valence-electron chi connectivity index (χ0n) is 33.2. The highest BCUT2D eigenvalue weighted by atomic mass is 32.2. The predicted molar refractivity (Wildman–Crippen MR) is 201 cm³/mol. The first kappa shape index (κ1) is 39.7. The Morgan fingerprint density at radius 3 is 1.98 bits per heavy atom. The molecule has 6 aliphatic rings. The number of rotatable bonds is 11. The molecule has 2 spiro atoms. The minimum absolute atomic E-state index is 0.00316. The van der Waals surface area contributed by atoms with Crippen LogP contribution in [0.15, 0.2) is 12.7 Å². The van der Waals surface area contributed by atoms with Crippen LogP contribution in [-0.4, -0.2) is 90.3 Å². The molecule has 0 unspecified atom stereocenters. The fraction of sp³-hybridized carbons (Fsp3) is 0.825. The molecule has 6 atom stereocenters. The Hall–Kier alpha value is -2.96. The highest BCUT2D eigenvalue weighted by molar-refractivity contribution is 7.91. The van der Waals surface area contributed by atoms with E-state index in [4.69, 9.17) is 0 Å². The average Bonchev–Trinajstić information content (AvgIpc) is 3.99.